The number of carbonyl (C=O) groups is 1. The van der Waals surface area contributed by atoms with Crippen molar-refractivity contribution in [2.75, 3.05) is 34.0 Å². The van der Waals surface area contributed by atoms with Crippen molar-refractivity contribution in [3.05, 3.63) is 23.3 Å². The maximum atomic E-state index is 11.9. The molecule has 0 atom stereocenters. The van der Waals surface area contributed by atoms with Crippen molar-refractivity contribution in [3.63, 3.8) is 0 Å². The molecule has 22 heavy (non-hydrogen) atoms. The zero-order valence-electron chi connectivity index (χ0n) is 13.8. The summed E-state index contributed by atoms with van der Waals surface area (Å²) in [4.78, 5) is 11.9. The number of aliphatic hydroxyl groups excluding tert-OH is 1. The largest absolute Gasteiger partial charge is 0.493 e. The first-order chi connectivity index (χ1) is 10.5. The van der Waals surface area contributed by atoms with Crippen LogP contribution in [0, 0.1) is 0 Å². The fourth-order valence-electron chi connectivity index (χ4n) is 2.23. The summed E-state index contributed by atoms with van der Waals surface area (Å²) in [5.41, 5.74) is 0.878. The summed E-state index contributed by atoms with van der Waals surface area (Å²) in [6.45, 7) is 5.48. The highest BCUT2D eigenvalue weighted by Gasteiger charge is 2.34. The van der Waals surface area contributed by atoms with E-state index in [0.717, 1.165) is 0 Å². The lowest BCUT2D eigenvalue weighted by molar-refractivity contribution is -0.236. The van der Waals surface area contributed by atoms with E-state index in [2.05, 4.69) is 0 Å². The van der Waals surface area contributed by atoms with Gasteiger partial charge in [-0.25, -0.2) is 0 Å². The standard InChI is InChI=1S/C16H24O6/c1-6-21-13-8-12(16(10-17,19-4)20-5)9-14(22-7-2)15(13)11(3)18/h8-9,17H,6-7,10H2,1-5H3. The lowest BCUT2D eigenvalue weighted by Gasteiger charge is -2.30. The van der Waals surface area contributed by atoms with Gasteiger partial charge in [-0.3, -0.25) is 4.79 Å². The van der Waals surface area contributed by atoms with Crippen LogP contribution in [0.15, 0.2) is 12.1 Å². The summed E-state index contributed by atoms with van der Waals surface area (Å²) in [7, 11) is 2.86. The molecule has 0 aliphatic rings. The van der Waals surface area contributed by atoms with Crippen molar-refractivity contribution < 1.29 is 28.8 Å². The molecule has 0 fully saturated rings. The van der Waals surface area contributed by atoms with Crippen molar-refractivity contribution in [2.45, 2.75) is 26.6 Å². The lowest BCUT2D eigenvalue weighted by atomic mass is 10.00. The molecule has 124 valence electrons. The Bertz CT molecular complexity index is 472. The molecule has 0 spiro atoms. The number of benzene rings is 1. The van der Waals surface area contributed by atoms with Crippen molar-refractivity contribution in [1.82, 2.24) is 0 Å². The van der Waals surface area contributed by atoms with Gasteiger partial charge in [-0.05, 0) is 32.9 Å². The third kappa shape index (κ3) is 3.58. The number of aliphatic hydroxyl groups is 1. The summed E-state index contributed by atoms with van der Waals surface area (Å²) < 4.78 is 21.8. The average Bonchev–Trinajstić information content (AvgIpc) is 2.50. The number of hydrogen-bond acceptors (Lipinski definition) is 6. The van der Waals surface area contributed by atoms with Crippen LogP contribution in [0.4, 0.5) is 0 Å². The molecular formula is C16H24O6. The highest BCUT2D eigenvalue weighted by atomic mass is 16.7. The summed E-state index contributed by atoms with van der Waals surface area (Å²) in [5, 5.41) is 9.65. The number of Topliss-reactive ketones (excluding diaryl/α,β-unsaturated/α-hetero) is 1. The molecule has 0 saturated heterocycles. The molecule has 1 rings (SSSR count). The molecule has 0 aromatic heterocycles. The van der Waals surface area contributed by atoms with E-state index in [0.29, 0.717) is 35.8 Å². The van der Waals surface area contributed by atoms with E-state index < -0.39 is 12.4 Å². The van der Waals surface area contributed by atoms with Gasteiger partial charge in [-0.1, -0.05) is 0 Å². The summed E-state index contributed by atoms with van der Waals surface area (Å²) >= 11 is 0. The van der Waals surface area contributed by atoms with Crippen LogP contribution in [0.3, 0.4) is 0 Å². The van der Waals surface area contributed by atoms with E-state index >= 15 is 0 Å². The number of ether oxygens (including phenoxy) is 4. The van der Waals surface area contributed by atoms with E-state index in [9.17, 15) is 9.90 Å². The van der Waals surface area contributed by atoms with Crippen LogP contribution in [0.5, 0.6) is 11.5 Å². The topological polar surface area (TPSA) is 74.2 Å². The van der Waals surface area contributed by atoms with Crippen LogP contribution in [0.2, 0.25) is 0 Å². The Morgan fingerprint density at radius 2 is 1.55 bits per heavy atom. The molecule has 1 aromatic carbocycles. The van der Waals surface area contributed by atoms with Gasteiger partial charge in [0.1, 0.15) is 23.7 Å². The van der Waals surface area contributed by atoms with Crippen molar-refractivity contribution in [2.24, 2.45) is 0 Å². The van der Waals surface area contributed by atoms with Crippen molar-refractivity contribution >= 4 is 5.78 Å². The zero-order chi connectivity index (χ0) is 16.8. The third-order valence-corrected chi connectivity index (χ3v) is 3.33. The quantitative estimate of drug-likeness (QED) is 0.556. The van der Waals surface area contributed by atoms with Crippen molar-refractivity contribution in [1.29, 1.82) is 0 Å². The minimum absolute atomic E-state index is 0.164. The monoisotopic (exact) mass is 312 g/mol. The van der Waals surface area contributed by atoms with Gasteiger partial charge < -0.3 is 24.1 Å². The van der Waals surface area contributed by atoms with Gasteiger partial charge in [0, 0.05) is 19.8 Å². The summed E-state index contributed by atoms with van der Waals surface area (Å²) in [6, 6.07) is 3.26. The van der Waals surface area contributed by atoms with E-state index in [-0.39, 0.29) is 5.78 Å². The molecule has 0 aliphatic carbocycles. The van der Waals surface area contributed by atoms with Gasteiger partial charge in [-0.15, -0.1) is 0 Å². The summed E-state index contributed by atoms with van der Waals surface area (Å²) in [6.07, 6.45) is 0. The molecule has 6 heteroatoms. The van der Waals surface area contributed by atoms with Gasteiger partial charge >= 0.3 is 0 Å². The van der Waals surface area contributed by atoms with E-state index in [1.165, 1.54) is 21.1 Å². The highest BCUT2D eigenvalue weighted by molar-refractivity contribution is 5.99. The molecule has 0 bridgehead atoms. The minimum Gasteiger partial charge on any atom is -0.493 e. The maximum Gasteiger partial charge on any atom is 0.218 e. The van der Waals surface area contributed by atoms with Crippen LogP contribution in [-0.2, 0) is 15.3 Å². The molecule has 1 N–H and O–H groups in total. The minimum atomic E-state index is -1.34. The SMILES string of the molecule is CCOc1cc(C(CO)(OC)OC)cc(OCC)c1C(C)=O. The first kappa shape index (κ1) is 18.4. The van der Waals surface area contributed by atoms with Crippen LogP contribution in [-0.4, -0.2) is 44.9 Å². The fourth-order valence-corrected chi connectivity index (χ4v) is 2.23. The second-order valence-electron chi connectivity index (χ2n) is 4.59. The van der Waals surface area contributed by atoms with Crippen LogP contribution in [0.1, 0.15) is 36.7 Å². The molecule has 0 saturated carbocycles. The zero-order valence-corrected chi connectivity index (χ0v) is 13.8. The van der Waals surface area contributed by atoms with Crippen LogP contribution < -0.4 is 9.47 Å². The molecule has 0 aliphatic heterocycles. The predicted molar refractivity (Wildman–Crippen MR) is 81.6 cm³/mol. The smallest absolute Gasteiger partial charge is 0.218 e. The Labute approximate surface area is 130 Å². The first-order valence-electron chi connectivity index (χ1n) is 7.15. The van der Waals surface area contributed by atoms with Gasteiger partial charge in [0.2, 0.25) is 5.79 Å². The second kappa shape index (κ2) is 8.12. The maximum absolute atomic E-state index is 11.9. The Morgan fingerprint density at radius 1 is 1.09 bits per heavy atom. The Kier molecular flexibility index (Phi) is 6.80. The number of methoxy groups -OCH3 is 2. The lowest BCUT2D eigenvalue weighted by Crippen LogP contribution is -2.35. The highest BCUT2D eigenvalue weighted by Crippen LogP contribution is 2.37. The summed E-state index contributed by atoms with van der Waals surface area (Å²) in [5.74, 6) is -0.749. The van der Waals surface area contributed by atoms with E-state index in [4.69, 9.17) is 18.9 Å². The van der Waals surface area contributed by atoms with Crippen molar-refractivity contribution in [3.8, 4) is 11.5 Å². The van der Waals surface area contributed by atoms with E-state index in [1.54, 1.807) is 12.1 Å². The molecule has 0 amide bonds. The van der Waals surface area contributed by atoms with Gasteiger partial charge in [0.15, 0.2) is 5.78 Å². The van der Waals surface area contributed by atoms with Gasteiger partial charge in [0.05, 0.1) is 13.2 Å². The Hall–Kier alpha value is -1.63. The molecular weight excluding hydrogens is 288 g/mol. The van der Waals surface area contributed by atoms with Crippen LogP contribution in [0.25, 0.3) is 0 Å². The molecule has 1 aromatic rings. The molecule has 0 radical (unpaired) electrons. The fraction of sp³-hybridized carbons (Fsp3) is 0.562. The second-order valence-corrected chi connectivity index (χ2v) is 4.59. The third-order valence-electron chi connectivity index (χ3n) is 3.33. The molecule has 0 unspecified atom stereocenters. The Balaban J connectivity index is 3.57. The Morgan fingerprint density at radius 3 is 1.82 bits per heavy atom. The van der Waals surface area contributed by atoms with Gasteiger partial charge in [0.25, 0.3) is 0 Å². The van der Waals surface area contributed by atoms with E-state index in [1.807, 2.05) is 13.8 Å². The normalized spacial score (nSPS) is 11.4. The number of ketones is 1. The number of carbonyl (C=O) groups excluding carboxylic acids is 1. The van der Waals surface area contributed by atoms with Crippen LogP contribution >= 0.6 is 0 Å². The first-order valence-corrected chi connectivity index (χ1v) is 7.15. The number of rotatable bonds is 9. The molecule has 0 heterocycles. The molecule has 6 nitrogen and oxygen atoms in total. The predicted octanol–water partition coefficient (Wildman–Crippen LogP) is 2.12. The number of hydrogen-bond donors (Lipinski definition) is 1. The average molecular weight is 312 g/mol. The van der Waals surface area contributed by atoms with Gasteiger partial charge in [-0.2, -0.15) is 0 Å².